The van der Waals surface area contributed by atoms with Crippen LogP contribution in [-0.2, 0) is 0 Å². The molecule has 0 bridgehead atoms. The van der Waals surface area contributed by atoms with Gasteiger partial charge < -0.3 is 0 Å². The SMILES string of the molecule is CC[Te](I)(c1ccccc1)c1ccccc1. The zero-order chi connectivity index (χ0) is 11.4. The Morgan fingerprint density at radius 1 is 0.812 bits per heavy atom. The first-order chi connectivity index (χ1) is 7.77. The fraction of sp³-hybridized carbons (Fsp3) is 0.143. The maximum atomic E-state index is 2.76. The molecule has 0 atom stereocenters. The minimum atomic E-state index is -2.10. The molecule has 0 unspecified atom stereocenters. The van der Waals surface area contributed by atoms with Gasteiger partial charge >= 0.3 is 112 Å². The molecule has 0 fully saturated rings. The van der Waals surface area contributed by atoms with Crippen molar-refractivity contribution in [3.05, 3.63) is 60.7 Å². The monoisotopic (exact) mass is 440 g/mol. The molecule has 0 amide bonds. The number of hydrogen-bond acceptors (Lipinski definition) is 0. The normalized spacial score (nSPS) is 12.4. The minimum absolute atomic E-state index is 1.29. The predicted octanol–water partition coefficient (Wildman–Crippen LogP) is 3.20. The molecule has 2 aromatic rings. The van der Waals surface area contributed by atoms with Crippen LogP contribution in [0.25, 0.3) is 0 Å². The summed E-state index contributed by atoms with van der Waals surface area (Å²) >= 11 is 0.665. The topological polar surface area (TPSA) is 0 Å². The van der Waals surface area contributed by atoms with E-state index in [9.17, 15) is 0 Å². The zero-order valence-electron chi connectivity index (χ0n) is 9.27. The predicted molar refractivity (Wildman–Crippen MR) is 82.4 cm³/mol. The van der Waals surface area contributed by atoms with Crippen LogP contribution in [-0.4, -0.2) is 14.2 Å². The van der Waals surface area contributed by atoms with E-state index in [-0.39, 0.29) is 0 Å². The second-order valence-corrected chi connectivity index (χ2v) is 21.7. The summed E-state index contributed by atoms with van der Waals surface area (Å²) in [6, 6.07) is 22.0. The molecular weight excluding hydrogens is 423 g/mol. The standard InChI is InChI=1S/C14H15ITe/c1-2-16(15,13-9-5-3-6-10-13)14-11-7-4-8-12-14/h3-12H,2H2,1H3. The van der Waals surface area contributed by atoms with Gasteiger partial charge in [-0.05, 0) is 0 Å². The molecule has 0 saturated heterocycles. The number of benzene rings is 2. The van der Waals surface area contributed by atoms with Gasteiger partial charge in [-0.2, -0.15) is 0 Å². The summed E-state index contributed by atoms with van der Waals surface area (Å²) in [6.07, 6.45) is 0. The van der Waals surface area contributed by atoms with Crippen LogP contribution in [0.4, 0.5) is 0 Å². The molecule has 2 rings (SSSR count). The molecule has 84 valence electrons. The average molecular weight is 438 g/mol. The zero-order valence-corrected chi connectivity index (χ0v) is 13.8. The Balaban J connectivity index is 2.49. The van der Waals surface area contributed by atoms with Gasteiger partial charge in [0.1, 0.15) is 0 Å². The molecule has 0 saturated carbocycles. The Bertz CT molecular complexity index is 399. The molecule has 0 aliphatic heterocycles. The molecule has 0 aromatic heterocycles. The summed E-state index contributed by atoms with van der Waals surface area (Å²) < 4.78 is 4.43. The molecular formula is C14H15ITe. The fourth-order valence-corrected chi connectivity index (χ4v) is 11.7. The fourth-order valence-electron chi connectivity index (χ4n) is 1.74. The number of halogens is 1. The van der Waals surface area contributed by atoms with Crippen molar-refractivity contribution >= 4 is 40.2 Å². The van der Waals surface area contributed by atoms with Crippen molar-refractivity contribution in [2.75, 3.05) is 0 Å². The van der Waals surface area contributed by atoms with Crippen LogP contribution >= 0.6 is 18.7 Å². The first-order valence-corrected chi connectivity index (χ1v) is 16.1. The summed E-state index contributed by atoms with van der Waals surface area (Å²) in [5, 5.41) is 0. The van der Waals surface area contributed by atoms with E-state index in [0.29, 0.717) is 0 Å². The van der Waals surface area contributed by atoms with Gasteiger partial charge in [-0.1, -0.05) is 0 Å². The number of rotatable bonds is 3. The van der Waals surface area contributed by atoms with E-state index in [1.165, 1.54) is 4.47 Å². The molecule has 0 heterocycles. The van der Waals surface area contributed by atoms with Crippen molar-refractivity contribution in [1.29, 1.82) is 0 Å². The summed E-state index contributed by atoms with van der Waals surface area (Å²) in [5.74, 6) is 0. The molecule has 0 nitrogen and oxygen atoms in total. The van der Waals surface area contributed by atoms with Crippen LogP contribution in [0.2, 0.25) is 4.47 Å². The van der Waals surface area contributed by atoms with E-state index in [1.807, 2.05) is 0 Å². The van der Waals surface area contributed by atoms with Crippen LogP contribution in [0.15, 0.2) is 60.7 Å². The van der Waals surface area contributed by atoms with Gasteiger partial charge in [0.05, 0.1) is 0 Å². The molecule has 0 aliphatic carbocycles. The average Bonchev–Trinajstić information content (AvgIpc) is 2.40. The van der Waals surface area contributed by atoms with Crippen molar-refractivity contribution in [3.63, 3.8) is 0 Å². The van der Waals surface area contributed by atoms with E-state index >= 15 is 0 Å². The molecule has 16 heavy (non-hydrogen) atoms. The van der Waals surface area contributed by atoms with Crippen LogP contribution < -0.4 is 7.22 Å². The molecule has 0 radical (unpaired) electrons. The van der Waals surface area contributed by atoms with E-state index in [2.05, 4.69) is 86.3 Å². The molecule has 2 heteroatoms. The first-order valence-electron chi connectivity index (χ1n) is 5.38. The Morgan fingerprint density at radius 2 is 1.19 bits per heavy atom. The first kappa shape index (κ1) is 12.4. The summed E-state index contributed by atoms with van der Waals surface area (Å²) in [5.41, 5.74) is 0. The Hall–Kier alpha value is -0.0404. The molecule has 0 spiro atoms. The molecule has 2 aromatic carbocycles. The van der Waals surface area contributed by atoms with Crippen LogP contribution in [0.1, 0.15) is 6.92 Å². The summed E-state index contributed by atoms with van der Waals surface area (Å²) in [4.78, 5) is 0. The van der Waals surface area contributed by atoms with Crippen molar-refractivity contribution in [2.24, 2.45) is 0 Å². The van der Waals surface area contributed by atoms with E-state index in [0.717, 1.165) is 0 Å². The van der Waals surface area contributed by atoms with Crippen LogP contribution in [0.5, 0.6) is 0 Å². The van der Waals surface area contributed by atoms with Gasteiger partial charge in [0.15, 0.2) is 0 Å². The van der Waals surface area contributed by atoms with Crippen LogP contribution in [0, 0.1) is 0 Å². The van der Waals surface area contributed by atoms with E-state index < -0.39 is 14.2 Å². The van der Waals surface area contributed by atoms with E-state index in [4.69, 9.17) is 0 Å². The van der Waals surface area contributed by atoms with Gasteiger partial charge in [0.2, 0.25) is 0 Å². The Kier molecular flexibility index (Phi) is 4.29. The van der Waals surface area contributed by atoms with Crippen LogP contribution in [0.3, 0.4) is 0 Å². The van der Waals surface area contributed by atoms with Gasteiger partial charge in [-0.3, -0.25) is 0 Å². The molecule has 0 aliphatic rings. The van der Waals surface area contributed by atoms with Gasteiger partial charge in [-0.25, -0.2) is 0 Å². The van der Waals surface area contributed by atoms with Crippen molar-refractivity contribution < 1.29 is 0 Å². The Labute approximate surface area is 111 Å². The van der Waals surface area contributed by atoms with E-state index in [1.54, 1.807) is 7.22 Å². The van der Waals surface area contributed by atoms with Crippen molar-refractivity contribution in [3.8, 4) is 0 Å². The third-order valence-electron chi connectivity index (χ3n) is 2.63. The number of hydrogen-bond donors (Lipinski definition) is 0. The third-order valence-corrected chi connectivity index (χ3v) is 21.7. The second-order valence-electron chi connectivity index (χ2n) is 3.57. The maximum absolute atomic E-state index is 2.76. The molecule has 0 N–H and O–H groups in total. The van der Waals surface area contributed by atoms with Crippen molar-refractivity contribution in [1.82, 2.24) is 0 Å². The second kappa shape index (κ2) is 5.53. The summed E-state index contributed by atoms with van der Waals surface area (Å²) in [7, 11) is 0. The quantitative estimate of drug-likeness (QED) is 0.511. The van der Waals surface area contributed by atoms with Gasteiger partial charge in [0, 0.05) is 0 Å². The Morgan fingerprint density at radius 3 is 1.50 bits per heavy atom. The van der Waals surface area contributed by atoms with Gasteiger partial charge in [-0.15, -0.1) is 0 Å². The van der Waals surface area contributed by atoms with Crippen molar-refractivity contribution in [2.45, 2.75) is 11.4 Å². The van der Waals surface area contributed by atoms with Gasteiger partial charge in [0.25, 0.3) is 0 Å². The summed E-state index contributed by atoms with van der Waals surface area (Å²) in [6.45, 7) is 2.33. The third kappa shape index (κ3) is 2.45.